The number of hydrogen-bond acceptors (Lipinski definition) is 4. The third kappa shape index (κ3) is 3.66. The molecule has 0 aliphatic heterocycles. The predicted octanol–water partition coefficient (Wildman–Crippen LogP) is 2.41. The van der Waals surface area contributed by atoms with Crippen LogP contribution in [0, 0.1) is 0 Å². The average Bonchev–Trinajstić information content (AvgIpc) is 2.98. The van der Waals surface area contributed by atoms with Gasteiger partial charge < -0.3 is 20.3 Å². The van der Waals surface area contributed by atoms with Gasteiger partial charge in [0.1, 0.15) is 12.6 Å². The Hall–Kier alpha value is -3.35. The largest absolute Gasteiger partial charge is 0.481 e. The minimum atomic E-state index is -1.54. The van der Waals surface area contributed by atoms with Crippen molar-refractivity contribution >= 4 is 18.0 Å². The van der Waals surface area contributed by atoms with Crippen LogP contribution in [0.4, 0.5) is 4.79 Å². The molecule has 1 atom stereocenters. The van der Waals surface area contributed by atoms with E-state index in [-0.39, 0.29) is 6.61 Å². The van der Waals surface area contributed by atoms with Gasteiger partial charge in [-0.15, -0.1) is 0 Å². The zero-order chi connectivity index (χ0) is 18.7. The van der Waals surface area contributed by atoms with Gasteiger partial charge >= 0.3 is 18.0 Å². The maximum Gasteiger partial charge on any atom is 0.408 e. The Kier molecular flexibility index (Phi) is 4.88. The van der Waals surface area contributed by atoms with Crippen molar-refractivity contribution in [3.8, 4) is 11.1 Å². The predicted molar refractivity (Wildman–Crippen MR) is 91.7 cm³/mol. The Morgan fingerprint density at radius 2 is 1.77 bits per heavy atom. The molecule has 0 saturated heterocycles. The van der Waals surface area contributed by atoms with E-state index in [0.717, 1.165) is 28.7 Å². The molecule has 1 aliphatic rings. The number of alkyl carbamates (subject to hydrolysis) is 1. The first kappa shape index (κ1) is 17.5. The molecule has 0 fully saturated rings. The lowest BCUT2D eigenvalue weighted by atomic mass is 10.0. The van der Waals surface area contributed by atoms with E-state index >= 15 is 0 Å². The number of ether oxygens (including phenoxy) is 1. The number of rotatable bonds is 6. The average molecular weight is 355 g/mol. The van der Waals surface area contributed by atoms with Crippen LogP contribution in [0.2, 0.25) is 0 Å². The summed E-state index contributed by atoms with van der Waals surface area (Å²) in [5.41, 5.74) is 5.35. The Balaban J connectivity index is 1.67. The summed E-state index contributed by atoms with van der Waals surface area (Å²) in [6.45, 7) is -0.0254. The van der Waals surface area contributed by atoms with Crippen LogP contribution >= 0.6 is 0 Å². The van der Waals surface area contributed by atoms with Crippen LogP contribution in [0.5, 0.6) is 0 Å². The van der Waals surface area contributed by atoms with Gasteiger partial charge in [0.25, 0.3) is 0 Å². The minimum absolute atomic E-state index is 0.0254. The molecule has 1 aliphatic carbocycles. The van der Waals surface area contributed by atoms with Crippen molar-refractivity contribution in [2.75, 3.05) is 0 Å². The highest BCUT2D eigenvalue weighted by molar-refractivity contribution is 5.84. The van der Waals surface area contributed by atoms with E-state index in [9.17, 15) is 14.4 Å². The fraction of sp³-hybridized carbons (Fsp3) is 0.211. The summed E-state index contributed by atoms with van der Waals surface area (Å²) in [5.74, 6) is -2.75. The van der Waals surface area contributed by atoms with Crippen molar-refractivity contribution < 1.29 is 29.3 Å². The summed E-state index contributed by atoms with van der Waals surface area (Å²) >= 11 is 0. The number of benzene rings is 2. The highest BCUT2D eigenvalue weighted by Gasteiger charge is 2.24. The van der Waals surface area contributed by atoms with E-state index in [1.165, 1.54) is 5.56 Å². The molecule has 7 heteroatoms. The molecule has 2 aromatic carbocycles. The number of amides is 1. The number of carboxylic acids is 2. The molecule has 0 bridgehead atoms. The van der Waals surface area contributed by atoms with Gasteiger partial charge in [-0.3, -0.25) is 4.79 Å². The van der Waals surface area contributed by atoms with Crippen molar-refractivity contribution in [2.24, 2.45) is 0 Å². The number of nitrogens with one attached hydrogen (secondary N) is 1. The second kappa shape index (κ2) is 7.26. The standard InChI is InChI=1S/C19H17NO6/c21-17(22)9-16(18(23)24)20-19(25)26-10-12-5-3-7-14-13-6-2-1-4-11(13)8-15(12)14/h1-7,16H,8-10H2,(H,20,25)(H,21,22)(H,23,24). The lowest BCUT2D eigenvalue weighted by Crippen LogP contribution is -2.42. The number of carboxylic acid groups (broad SMARTS) is 2. The summed E-state index contributed by atoms with van der Waals surface area (Å²) < 4.78 is 5.11. The number of carbonyl (C=O) groups is 3. The first-order chi connectivity index (χ1) is 12.5. The lowest BCUT2D eigenvalue weighted by Gasteiger charge is -2.14. The van der Waals surface area contributed by atoms with Crippen molar-refractivity contribution in [3.05, 3.63) is 59.2 Å². The second-order valence-electron chi connectivity index (χ2n) is 5.99. The highest BCUT2D eigenvalue weighted by Crippen LogP contribution is 2.38. The lowest BCUT2D eigenvalue weighted by molar-refractivity contribution is -0.145. The number of aliphatic carboxylic acids is 2. The minimum Gasteiger partial charge on any atom is -0.481 e. The molecule has 0 spiro atoms. The van der Waals surface area contributed by atoms with Gasteiger partial charge in [-0.2, -0.15) is 0 Å². The maximum absolute atomic E-state index is 11.8. The van der Waals surface area contributed by atoms with Gasteiger partial charge in [0.15, 0.2) is 0 Å². The molecule has 0 aromatic heterocycles. The topological polar surface area (TPSA) is 113 Å². The van der Waals surface area contributed by atoms with Gasteiger partial charge in [0, 0.05) is 0 Å². The van der Waals surface area contributed by atoms with Gasteiger partial charge in [0.05, 0.1) is 6.42 Å². The first-order valence-corrected chi connectivity index (χ1v) is 8.02. The van der Waals surface area contributed by atoms with E-state index in [1.807, 2.05) is 36.4 Å². The van der Waals surface area contributed by atoms with E-state index in [2.05, 4.69) is 11.4 Å². The fourth-order valence-electron chi connectivity index (χ4n) is 3.06. The Morgan fingerprint density at radius 3 is 2.50 bits per heavy atom. The van der Waals surface area contributed by atoms with Crippen LogP contribution in [0.15, 0.2) is 42.5 Å². The van der Waals surface area contributed by atoms with Crippen molar-refractivity contribution in [3.63, 3.8) is 0 Å². The molecular formula is C19H17NO6. The molecular weight excluding hydrogens is 338 g/mol. The van der Waals surface area contributed by atoms with Crippen LogP contribution in [-0.4, -0.2) is 34.3 Å². The third-order valence-corrected chi connectivity index (χ3v) is 4.28. The third-order valence-electron chi connectivity index (χ3n) is 4.28. The first-order valence-electron chi connectivity index (χ1n) is 8.02. The number of hydrogen-bond donors (Lipinski definition) is 3. The number of carbonyl (C=O) groups excluding carboxylic acids is 1. The summed E-state index contributed by atoms with van der Waals surface area (Å²) in [6, 6.07) is 12.2. The van der Waals surface area contributed by atoms with E-state index in [1.54, 1.807) is 0 Å². The monoisotopic (exact) mass is 355 g/mol. The zero-order valence-electron chi connectivity index (χ0n) is 13.8. The summed E-state index contributed by atoms with van der Waals surface area (Å²) in [6.07, 6.45) is -0.948. The van der Waals surface area contributed by atoms with E-state index < -0.39 is 30.5 Å². The molecule has 3 rings (SSSR count). The van der Waals surface area contributed by atoms with Gasteiger partial charge in [-0.25, -0.2) is 9.59 Å². The zero-order valence-corrected chi connectivity index (χ0v) is 13.8. The van der Waals surface area contributed by atoms with Crippen molar-refractivity contribution in [1.29, 1.82) is 0 Å². The van der Waals surface area contributed by atoms with E-state index in [4.69, 9.17) is 14.9 Å². The van der Waals surface area contributed by atoms with Crippen LogP contribution in [-0.2, 0) is 27.4 Å². The van der Waals surface area contributed by atoms with Crippen LogP contribution in [0.3, 0.4) is 0 Å². The number of fused-ring (bicyclic) bond motifs is 3. The normalized spacial score (nSPS) is 12.6. The van der Waals surface area contributed by atoms with Gasteiger partial charge in [-0.1, -0.05) is 42.5 Å². The molecule has 2 aromatic rings. The van der Waals surface area contributed by atoms with Crippen LogP contribution < -0.4 is 5.32 Å². The molecule has 1 amide bonds. The summed E-state index contributed by atoms with van der Waals surface area (Å²) in [4.78, 5) is 33.5. The molecule has 134 valence electrons. The molecule has 0 saturated carbocycles. The van der Waals surface area contributed by atoms with E-state index in [0.29, 0.717) is 0 Å². The fourth-order valence-corrected chi connectivity index (χ4v) is 3.06. The molecule has 3 N–H and O–H groups in total. The Bertz CT molecular complexity index is 876. The second-order valence-corrected chi connectivity index (χ2v) is 5.99. The van der Waals surface area contributed by atoms with Gasteiger partial charge in [0.2, 0.25) is 0 Å². The highest BCUT2D eigenvalue weighted by atomic mass is 16.5. The molecule has 1 unspecified atom stereocenters. The van der Waals surface area contributed by atoms with Crippen LogP contribution in [0.1, 0.15) is 23.1 Å². The SMILES string of the molecule is O=C(O)CC(NC(=O)OCc1cccc2c1Cc1ccccc1-2)C(=O)O. The van der Waals surface area contributed by atoms with Crippen LogP contribution in [0.25, 0.3) is 11.1 Å². The van der Waals surface area contributed by atoms with Gasteiger partial charge in [-0.05, 0) is 34.2 Å². The molecule has 7 nitrogen and oxygen atoms in total. The molecule has 0 radical (unpaired) electrons. The quantitative estimate of drug-likeness (QED) is 0.626. The van der Waals surface area contributed by atoms with Crippen molar-refractivity contribution in [1.82, 2.24) is 5.32 Å². The van der Waals surface area contributed by atoms with Crippen molar-refractivity contribution in [2.45, 2.75) is 25.5 Å². The maximum atomic E-state index is 11.8. The Morgan fingerprint density at radius 1 is 1.04 bits per heavy atom. The summed E-state index contributed by atoms with van der Waals surface area (Å²) in [5, 5.41) is 19.7. The molecule has 26 heavy (non-hydrogen) atoms. The molecule has 0 heterocycles. The smallest absolute Gasteiger partial charge is 0.408 e. The Labute approximate surface area is 149 Å². The summed E-state index contributed by atoms with van der Waals surface area (Å²) in [7, 11) is 0.